The van der Waals surface area contributed by atoms with Gasteiger partial charge >= 0.3 is 0 Å². The normalized spacial score (nSPS) is 10.2. The third-order valence-electron chi connectivity index (χ3n) is 4.50. The summed E-state index contributed by atoms with van der Waals surface area (Å²) >= 11 is 8.63. The Labute approximate surface area is 200 Å². The largest absolute Gasteiger partial charge is 0.493 e. The number of halogens is 1. The second kappa shape index (κ2) is 10.9. The third-order valence-corrected chi connectivity index (χ3v) is 5.20. The number of hydrogen-bond acceptors (Lipinski definition) is 4. The molecule has 0 radical (unpaired) electrons. The minimum atomic E-state index is -0.380. The second-order valence-corrected chi connectivity index (χ2v) is 8.15. The van der Waals surface area contributed by atoms with Crippen molar-refractivity contribution in [3.63, 3.8) is 0 Å². The van der Waals surface area contributed by atoms with Crippen molar-refractivity contribution in [2.24, 2.45) is 0 Å². The van der Waals surface area contributed by atoms with Crippen LogP contribution in [0.4, 0.5) is 11.4 Å². The monoisotopic (exact) mass is 511 g/mol. The zero-order valence-corrected chi connectivity index (χ0v) is 20.0. The fourth-order valence-electron chi connectivity index (χ4n) is 2.96. The van der Waals surface area contributed by atoms with Gasteiger partial charge in [0, 0.05) is 21.4 Å². The van der Waals surface area contributed by atoms with Crippen LogP contribution in [-0.2, 0) is 0 Å². The summed E-state index contributed by atoms with van der Waals surface area (Å²) in [5.41, 5.74) is 3.22. The molecule has 0 spiro atoms. The number of aryl methyl sites for hydroxylation is 1. The van der Waals surface area contributed by atoms with Crippen LogP contribution in [0.2, 0.25) is 0 Å². The first-order valence-electron chi connectivity index (χ1n) is 9.89. The summed E-state index contributed by atoms with van der Waals surface area (Å²) in [5.74, 6) is -0.0789. The van der Waals surface area contributed by atoms with E-state index in [1.165, 1.54) is 0 Å². The van der Waals surface area contributed by atoms with Crippen LogP contribution in [0.25, 0.3) is 0 Å². The molecule has 0 saturated carbocycles. The number of carbonyl (C=O) groups is 2. The average molecular weight is 512 g/mol. The van der Waals surface area contributed by atoms with Crippen LogP contribution < -0.4 is 20.7 Å². The lowest BCUT2D eigenvalue weighted by molar-refractivity contribution is 0.0972. The van der Waals surface area contributed by atoms with E-state index in [4.69, 9.17) is 17.0 Å². The number of ether oxygens (including phenoxy) is 1. The lowest BCUT2D eigenvalue weighted by Crippen LogP contribution is -2.34. The second-order valence-electron chi connectivity index (χ2n) is 6.83. The van der Waals surface area contributed by atoms with Crippen LogP contribution in [0, 0.1) is 6.92 Å². The Bertz CT molecular complexity index is 1150. The van der Waals surface area contributed by atoms with E-state index in [1.54, 1.807) is 48.5 Å². The highest BCUT2D eigenvalue weighted by atomic mass is 79.9. The molecule has 0 aliphatic heterocycles. The van der Waals surface area contributed by atoms with Crippen LogP contribution in [0.5, 0.6) is 5.75 Å². The zero-order chi connectivity index (χ0) is 23.1. The smallest absolute Gasteiger partial charge is 0.261 e. The maximum atomic E-state index is 12.6. The van der Waals surface area contributed by atoms with Gasteiger partial charge in [-0.15, -0.1) is 0 Å². The Balaban J connectivity index is 1.60. The Hall–Kier alpha value is -3.23. The standard InChI is InChI=1S/C24H22BrN3O3S/c1-3-31-21-13-8-16(25)14-20(21)23(30)28-24(32)27-18-11-9-17(10-12-18)26-22(29)19-7-5-4-6-15(19)2/h4-14H,3H2,1-2H3,(H,26,29)(H2,27,28,30,32). The Morgan fingerprint density at radius 3 is 2.22 bits per heavy atom. The predicted octanol–water partition coefficient (Wildman–Crippen LogP) is 5.54. The molecule has 0 unspecified atom stereocenters. The number of thiocarbonyl (C=S) groups is 1. The Morgan fingerprint density at radius 1 is 0.906 bits per heavy atom. The molecular formula is C24H22BrN3O3S. The van der Waals surface area contributed by atoms with Crippen LogP contribution in [-0.4, -0.2) is 23.5 Å². The predicted molar refractivity (Wildman–Crippen MR) is 135 cm³/mol. The highest BCUT2D eigenvalue weighted by Crippen LogP contribution is 2.23. The molecular weight excluding hydrogens is 490 g/mol. The lowest BCUT2D eigenvalue weighted by atomic mass is 10.1. The quantitative estimate of drug-likeness (QED) is 0.379. The van der Waals surface area contributed by atoms with Crippen molar-refractivity contribution in [3.05, 3.63) is 87.9 Å². The number of benzene rings is 3. The van der Waals surface area contributed by atoms with Crippen molar-refractivity contribution in [3.8, 4) is 5.75 Å². The van der Waals surface area contributed by atoms with Gasteiger partial charge in [0.25, 0.3) is 11.8 Å². The van der Waals surface area contributed by atoms with Gasteiger partial charge in [0.15, 0.2) is 5.11 Å². The van der Waals surface area contributed by atoms with E-state index >= 15 is 0 Å². The van der Waals surface area contributed by atoms with E-state index in [-0.39, 0.29) is 16.9 Å². The molecule has 0 saturated heterocycles. The molecule has 3 aromatic rings. The van der Waals surface area contributed by atoms with E-state index in [0.717, 1.165) is 10.0 Å². The molecule has 6 nitrogen and oxygen atoms in total. The molecule has 0 atom stereocenters. The van der Waals surface area contributed by atoms with Crippen molar-refractivity contribution in [1.82, 2.24) is 5.32 Å². The number of anilines is 2. The summed E-state index contributed by atoms with van der Waals surface area (Å²) in [5, 5.41) is 8.64. The van der Waals surface area contributed by atoms with E-state index in [2.05, 4.69) is 31.9 Å². The first-order chi connectivity index (χ1) is 15.4. The van der Waals surface area contributed by atoms with Crippen molar-refractivity contribution in [2.75, 3.05) is 17.2 Å². The lowest BCUT2D eigenvalue weighted by Gasteiger charge is -2.13. The molecule has 2 amide bonds. The molecule has 0 aliphatic carbocycles. The van der Waals surface area contributed by atoms with Crippen LogP contribution in [0.15, 0.2) is 71.2 Å². The first kappa shape index (κ1) is 23.4. The van der Waals surface area contributed by atoms with E-state index in [0.29, 0.717) is 34.9 Å². The number of nitrogens with one attached hydrogen (secondary N) is 3. The number of hydrogen-bond donors (Lipinski definition) is 3. The van der Waals surface area contributed by atoms with Crippen molar-refractivity contribution < 1.29 is 14.3 Å². The summed E-state index contributed by atoms with van der Waals surface area (Å²) in [7, 11) is 0. The SMILES string of the molecule is CCOc1ccc(Br)cc1C(=O)NC(=S)Nc1ccc(NC(=O)c2ccccc2C)cc1. The van der Waals surface area contributed by atoms with Gasteiger partial charge in [-0.25, -0.2) is 0 Å². The van der Waals surface area contributed by atoms with Gasteiger partial charge < -0.3 is 15.4 Å². The van der Waals surface area contributed by atoms with Crippen LogP contribution >= 0.6 is 28.1 Å². The van der Waals surface area contributed by atoms with E-state index in [1.807, 2.05) is 32.0 Å². The molecule has 0 fully saturated rings. The maximum Gasteiger partial charge on any atom is 0.261 e. The summed E-state index contributed by atoms with van der Waals surface area (Å²) < 4.78 is 6.27. The summed E-state index contributed by atoms with van der Waals surface area (Å²) in [6, 6.07) is 19.6. The van der Waals surface area contributed by atoms with Crippen molar-refractivity contribution in [1.29, 1.82) is 0 Å². The van der Waals surface area contributed by atoms with Crippen LogP contribution in [0.1, 0.15) is 33.2 Å². The van der Waals surface area contributed by atoms with Crippen molar-refractivity contribution >= 4 is 56.4 Å². The molecule has 0 heterocycles. The van der Waals surface area contributed by atoms with Gasteiger partial charge in [0.05, 0.1) is 12.2 Å². The topological polar surface area (TPSA) is 79.5 Å². The van der Waals surface area contributed by atoms with E-state index < -0.39 is 0 Å². The molecule has 8 heteroatoms. The highest BCUT2D eigenvalue weighted by Gasteiger charge is 2.15. The average Bonchev–Trinajstić information content (AvgIpc) is 2.76. The summed E-state index contributed by atoms with van der Waals surface area (Å²) in [4.78, 5) is 25.1. The summed E-state index contributed by atoms with van der Waals surface area (Å²) in [6.45, 7) is 4.18. The van der Waals surface area contributed by atoms with Crippen LogP contribution in [0.3, 0.4) is 0 Å². The summed E-state index contributed by atoms with van der Waals surface area (Å²) in [6.07, 6.45) is 0. The Morgan fingerprint density at radius 2 is 1.56 bits per heavy atom. The van der Waals surface area contributed by atoms with Gasteiger partial charge in [-0.2, -0.15) is 0 Å². The van der Waals surface area contributed by atoms with Gasteiger partial charge in [-0.05, 0) is 80.2 Å². The Kier molecular flexibility index (Phi) is 7.97. The number of rotatable bonds is 6. The molecule has 164 valence electrons. The molecule has 0 aliphatic rings. The minimum Gasteiger partial charge on any atom is -0.493 e. The van der Waals surface area contributed by atoms with Gasteiger partial charge in [0.1, 0.15) is 5.75 Å². The molecule has 3 aromatic carbocycles. The molecule has 0 bridgehead atoms. The molecule has 3 rings (SSSR count). The maximum absolute atomic E-state index is 12.6. The molecule has 0 aromatic heterocycles. The fourth-order valence-corrected chi connectivity index (χ4v) is 3.53. The van der Waals surface area contributed by atoms with E-state index in [9.17, 15) is 9.59 Å². The minimum absolute atomic E-state index is 0.147. The molecule has 32 heavy (non-hydrogen) atoms. The number of amides is 2. The fraction of sp³-hybridized carbons (Fsp3) is 0.125. The van der Waals surface area contributed by atoms with Gasteiger partial charge in [-0.1, -0.05) is 34.1 Å². The van der Waals surface area contributed by atoms with Gasteiger partial charge in [-0.3, -0.25) is 14.9 Å². The third kappa shape index (κ3) is 6.15. The van der Waals surface area contributed by atoms with Gasteiger partial charge in [0.2, 0.25) is 0 Å². The zero-order valence-electron chi connectivity index (χ0n) is 17.6. The highest BCUT2D eigenvalue weighted by molar-refractivity contribution is 9.10. The first-order valence-corrected chi connectivity index (χ1v) is 11.1. The number of carbonyl (C=O) groups excluding carboxylic acids is 2. The van der Waals surface area contributed by atoms with Crippen molar-refractivity contribution in [2.45, 2.75) is 13.8 Å². The molecule has 3 N–H and O–H groups in total.